The summed E-state index contributed by atoms with van der Waals surface area (Å²) in [6.07, 6.45) is 1.95. The van der Waals surface area contributed by atoms with Crippen LogP contribution in [0, 0.1) is 13.8 Å². The summed E-state index contributed by atoms with van der Waals surface area (Å²) >= 11 is 0. The van der Waals surface area contributed by atoms with E-state index in [1.165, 1.54) is 18.2 Å². The fourth-order valence-electron chi connectivity index (χ4n) is 3.86. The first kappa shape index (κ1) is 23.5. The number of rotatable bonds is 6. The Morgan fingerprint density at radius 3 is 2.24 bits per heavy atom. The highest BCUT2D eigenvalue weighted by Gasteiger charge is 2.23. The first-order chi connectivity index (χ1) is 16.2. The van der Waals surface area contributed by atoms with Gasteiger partial charge in [-0.25, -0.2) is 8.42 Å². The van der Waals surface area contributed by atoms with E-state index in [-0.39, 0.29) is 16.4 Å². The van der Waals surface area contributed by atoms with Gasteiger partial charge in [0.1, 0.15) is 0 Å². The maximum absolute atomic E-state index is 13.0. The SMILES string of the molecule is Cc1ccc(S(=O)(=O)Nc2cc(C(=O)Nc3ccccc3C(=O)N3CCCC3)ccc2C)cc1. The first-order valence-corrected chi connectivity index (χ1v) is 12.6. The number of para-hydroxylation sites is 1. The number of carbonyl (C=O) groups excluding carboxylic acids is 2. The molecule has 0 unspecified atom stereocenters. The van der Waals surface area contributed by atoms with Crippen molar-refractivity contribution in [1.29, 1.82) is 0 Å². The molecule has 0 aromatic heterocycles. The van der Waals surface area contributed by atoms with Crippen molar-refractivity contribution in [3.05, 3.63) is 89.0 Å². The minimum atomic E-state index is -3.81. The minimum Gasteiger partial charge on any atom is -0.339 e. The monoisotopic (exact) mass is 477 g/mol. The van der Waals surface area contributed by atoms with Gasteiger partial charge in [-0.2, -0.15) is 0 Å². The molecule has 2 N–H and O–H groups in total. The summed E-state index contributed by atoms with van der Waals surface area (Å²) in [5.41, 5.74) is 3.08. The van der Waals surface area contributed by atoms with Crippen LogP contribution in [-0.2, 0) is 10.0 Å². The molecule has 0 radical (unpaired) electrons. The lowest BCUT2D eigenvalue weighted by molar-refractivity contribution is 0.0794. The molecule has 2 amide bonds. The van der Waals surface area contributed by atoms with Crippen molar-refractivity contribution in [1.82, 2.24) is 4.90 Å². The molecule has 0 spiro atoms. The molecule has 176 valence electrons. The fraction of sp³-hybridized carbons (Fsp3) is 0.231. The number of hydrogen-bond donors (Lipinski definition) is 2. The van der Waals surface area contributed by atoms with E-state index in [0.717, 1.165) is 18.4 Å². The largest absolute Gasteiger partial charge is 0.339 e. The van der Waals surface area contributed by atoms with E-state index in [9.17, 15) is 18.0 Å². The number of anilines is 2. The number of carbonyl (C=O) groups is 2. The molecule has 0 atom stereocenters. The third-order valence-corrected chi connectivity index (χ3v) is 7.26. The Hall–Kier alpha value is -3.65. The van der Waals surface area contributed by atoms with E-state index in [4.69, 9.17) is 0 Å². The lowest BCUT2D eigenvalue weighted by Crippen LogP contribution is -2.28. The standard InChI is InChI=1S/C26H27N3O4S/c1-18-9-13-21(14-10-18)34(32,33)28-24-17-20(12-11-19(24)2)25(30)27-23-8-4-3-7-22(23)26(31)29-15-5-6-16-29/h3-4,7-14,17,28H,5-6,15-16H2,1-2H3,(H,27,30). The van der Waals surface area contributed by atoms with Gasteiger partial charge in [0.05, 0.1) is 21.8 Å². The van der Waals surface area contributed by atoms with E-state index in [1.54, 1.807) is 60.4 Å². The average Bonchev–Trinajstić information content (AvgIpc) is 3.35. The summed E-state index contributed by atoms with van der Waals surface area (Å²) in [5, 5.41) is 2.81. The van der Waals surface area contributed by atoms with Crippen LogP contribution in [0.2, 0.25) is 0 Å². The highest BCUT2D eigenvalue weighted by atomic mass is 32.2. The molecule has 34 heavy (non-hydrogen) atoms. The molecular weight excluding hydrogens is 450 g/mol. The highest BCUT2D eigenvalue weighted by Crippen LogP contribution is 2.24. The molecule has 3 aromatic carbocycles. The van der Waals surface area contributed by atoms with Gasteiger partial charge in [-0.15, -0.1) is 0 Å². The van der Waals surface area contributed by atoms with Crippen LogP contribution in [0.1, 0.15) is 44.7 Å². The predicted octanol–water partition coefficient (Wildman–Crippen LogP) is 4.59. The van der Waals surface area contributed by atoms with E-state index in [0.29, 0.717) is 35.6 Å². The van der Waals surface area contributed by atoms with Crippen LogP contribution in [-0.4, -0.2) is 38.2 Å². The summed E-state index contributed by atoms with van der Waals surface area (Å²) in [4.78, 5) is 27.9. The van der Waals surface area contributed by atoms with Crippen molar-refractivity contribution < 1.29 is 18.0 Å². The number of sulfonamides is 1. The number of aryl methyl sites for hydroxylation is 2. The number of nitrogens with one attached hydrogen (secondary N) is 2. The van der Waals surface area contributed by atoms with E-state index in [1.807, 2.05) is 6.92 Å². The van der Waals surface area contributed by atoms with Crippen molar-refractivity contribution >= 4 is 33.2 Å². The number of likely N-dealkylation sites (tertiary alicyclic amines) is 1. The molecule has 1 aliphatic rings. The fourth-order valence-corrected chi connectivity index (χ4v) is 4.98. The number of hydrogen-bond acceptors (Lipinski definition) is 4. The zero-order valence-electron chi connectivity index (χ0n) is 19.2. The van der Waals surface area contributed by atoms with Gasteiger partial charge < -0.3 is 10.2 Å². The smallest absolute Gasteiger partial charge is 0.261 e. The van der Waals surface area contributed by atoms with Crippen LogP contribution in [0.5, 0.6) is 0 Å². The molecule has 0 aliphatic carbocycles. The van der Waals surface area contributed by atoms with Crippen LogP contribution < -0.4 is 10.0 Å². The van der Waals surface area contributed by atoms with Crippen LogP contribution in [0.25, 0.3) is 0 Å². The second-order valence-electron chi connectivity index (χ2n) is 8.45. The van der Waals surface area contributed by atoms with Gasteiger partial charge in [-0.1, -0.05) is 35.9 Å². The Morgan fingerprint density at radius 2 is 1.53 bits per heavy atom. The zero-order chi connectivity index (χ0) is 24.3. The number of benzene rings is 3. The lowest BCUT2D eigenvalue weighted by Gasteiger charge is -2.18. The van der Waals surface area contributed by atoms with E-state index in [2.05, 4.69) is 10.0 Å². The second kappa shape index (κ2) is 9.69. The van der Waals surface area contributed by atoms with Gasteiger partial charge in [0.25, 0.3) is 21.8 Å². The van der Waals surface area contributed by atoms with Crippen LogP contribution in [0.15, 0.2) is 71.6 Å². The van der Waals surface area contributed by atoms with Gasteiger partial charge in [0, 0.05) is 18.7 Å². The molecule has 0 bridgehead atoms. The van der Waals surface area contributed by atoms with E-state index < -0.39 is 15.9 Å². The minimum absolute atomic E-state index is 0.108. The maximum atomic E-state index is 13.0. The summed E-state index contributed by atoms with van der Waals surface area (Å²) in [5.74, 6) is -0.540. The first-order valence-electron chi connectivity index (χ1n) is 11.1. The molecule has 8 heteroatoms. The quantitative estimate of drug-likeness (QED) is 0.543. The van der Waals surface area contributed by atoms with Gasteiger partial charge in [0.2, 0.25) is 0 Å². The molecule has 4 rings (SSSR count). The summed E-state index contributed by atoms with van der Waals surface area (Å²) in [7, 11) is -3.81. The molecule has 1 fully saturated rings. The maximum Gasteiger partial charge on any atom is 0.261 e. The normalized spacial score (nSPS) is 13.5. The molecule has 7 nitrogen and oxygen atoms in total. The van der Waals surface area contributed by atoms with Crippen molar-refractivity contribution in [3.63, 3.8) is 0 Å². The summed E-state index contributed by atoms with van der Waals surface area (Å²) < 4.78 is 28.2. The molecule has 3 aromatic rings. The number of nitrogens with zero attached hydrogens (tertiary/aromatic N) is 1. The second-order valence-corrected chi connectivity index (χ2v) is 10.1. The summed E-state index contributed by atoms with van der Waals surface area (Å²) in [6.45, 7) is 5.07. The lowest BCUT2D eigenvalue weighted by atomic mass is 10.1. The molecule has 1 aliphatic heterocycles. The van der Waals surface area contributed by atoms with Crippen LogP contribution in [0.4, 0.5) is 11.4 Å². The predicted molar refractivity (Wildman–Crippen MR) is 133 cm³/mol. The van der Waals surface area contributed by atoms with E-state index >= 15 is 0 Å². The van der Waals surface area contributed by atoms with Crippen LogP contribution in [0.3, 0.4) is 0 Å². The Balaban J connectivity index is 1.56. The Morgan fingerprint density at radius 1 is 0.853 bits per heavy atom. The van der Waals surface area contributed by atoms with Crippen molar-refractivity contribution in [2.24, 2.45) is 0 Å². The van der Waals surface area contributed by atoms with Crippen molar-refractivity contribution in [2.75, 3.05) is 23.1 Å². The number of amides is 2. The Kier molecular flexibility index (Phi) is 6.70. The third-order valence-electron chi connectivity index (χ3n) is 5.87. The van der Waals surface area contributed by atoms with Crippen LogP contribution >= 0.6 is 0 Å². The molecule has 1 saturated heterocycles. The van der Waals surface area contributed by atoms with Gasteiger partial charge in [0.15, 0.2) is 0 Å². The molecular formula is C26H27N3O4S. The summed E-state index contributed by atoms with van der Waals surface area (Å²) in [6, 6.07) is 18.3. The molecule has 0 saturated carbocycles. The topological polar surface area (TPSA) is 95.6 Å². The highest BCUT2D eigenvalue weighted by molar-refractivity contribution is 7.92. The van der Waals surface area contributed by atoms with Gasteiger partial charge >= 0.3 is 0 Å². The van der Waals surface area contributed by atoms with Gasteiger partial charge in [-0.05, 0) is 68.7 Å². The Bertz CT molecular complexity index is 1330. The zero-order valence-corrected chi connectivity index (χ0v) is 20.0. The van der Waals surface area contributed by atoms with Crippen molar-refractivity contribution in [2.45, 2.75) is 31.6 Å². The average molecular weight is 478 g/mol. The molecule has 1 heterocycles. The van der Waals surface area contributed by atoms with Crippen molar-refractivity contribution in [3.8, 4) is 0 Å². The van der Waals surface area contributed by atoms with Gasteiger partial charge in [-0.3, -0.25) is 14.3 Å². The Labute approximate surface area is 199 Å². The third kappa shape index (κ3) is 5.12.